The molecule has 0 aliphatic carbocycles. The molecule has 0 aliphatic heterocycles. The number of ketones is 1. The van der Waals surface area contributed by atoms with Gasteiger partial charge in [-0.15, -0.1) is 11.8 Å². The summed E-state index contributed by atoms with van der Waals surface area (Å²) in [5.74, 6) is 1.01. The van der Waals surface area contributed by atoms with Gasteiger partial charge in [0.15, 0.2) is 0 Å². The monoisotopic (exact) mass is 475 g/mol. The topological polar surface area (TPSA) is 37.4 Å². The van der Waals surface area contributed by atoms with Crippen molar-refractivity contribution in [3.63, 3.8) is 0 Å². The first-order chi connectivity index (χ1) is 15.9. The molecule has 1 rings (SSSR count). The molecule has 2 unspecified atom stereocenters. The number of carbonyl (C=O) groups excluding carboxylic acids is 2. The van der Waals surface area contributed by atoms with Crippen molar-refractivity contribution in [3.05, 3.63) is 35.4 Å². The summed E-state index contributed by atoms with van der Waals surface area (Å²) in [6.07, 6.45) is 15.5. The number of hydrogen-bond donors (Lipinski definition) is 0. The molecule has 2 atom stereocenters. The Morgan fingerprint density at radius 2 is 1.61 bits per heavy atom. The SMILES string of the molecule is CCCCCCCC(SC)N(CCCCc1ccc(C(C)CC)cc1)C(=O)CCCC(C)=O. The lowest BCUT2D eigenvalue weighted by Gasteiger charge is -2.31. The molecule has 0 heterocycles. The molecule has 0 bridgehead atoms. The average molecular weight is 476 g/mol. The highest BCUT2D eigenvalue weighted by Gasteiger charge is 2.22. The highest BCUT2D eigenvalue weighted by Crippen LogP contribution is 2.23. The smallest absolute Gasteiger partial charge is 0.223 e. The molecule has 0 spiro atoms. The normalized spacial score (nSPS) is 13.0. The van der Waals surface area contributed by atoms with Crippen molar-refractivity contribution in [2.45, 2.75) is 122 Å². The van der Waals surface area contributed by atoms with Crippen LogP contribution in [0.4, 0.5) is 0 Å². The lowest BCUT2D eigenvalue weighted by Crippen LogP contribution is -2.39. The number of thioether (sulfide) groups is 1. The first-order valence-corrected chi connectivity index (χ1v) is 14.6. The van der Waals surface area contributed by atoms with Gasteiger partial charge in [0.1, 0.15) is 5.78 Å². The predicted molar refractivity (Wildman–Crippen MR) is 145 cm³/mol. The highest BCUT2D eigenvalue weighted by molar-refractivity contribution is 7.99. The Morgan fingerprint density at radius 3 is 2.21 bits per heavy atom. The molecular formula is C29H49NO2S. The summed E-state index contributed by atoms with van der Waals surface area (Å²) in [6, 6.07) is 9.09. The Bertz CT molecular complexity index is 658. The number of rotatable bonds is 19. The molecule has 0 N–H and O–H groups in total. The fourth-order valence-corrected chi connectivity index (χ4v) is 5.12. The quantitative estimate of drug-likeness (QED) is 0.150. The number of aryl methyl sites for hydroxylation is 1. The summed E-state index contributed by atoms with van der Waals surface area (Å²) in [7, 11) is 0. The summed E-state index contributed by atoms with van der Waals surface area (Å²) < 4.78 is 0. The van der Waals surface area contributed by atoms with Gasteiger partial charge in [-0.25, -0.2) is 0 Å². The van der Waals surface area contributed by atoms with Crippen molar-refractivity contribution in [2.24, 2.45) is 0 Å². The molecule has 0 fully saturated rings. The Morgan fingerprint density at radius 1 is 0.909 bits per heavy atom. The van der Waals surface area contributed by atoms with Crippen LogP contribution in [-0.4, -0.2) is 34.8 Å². The van der Waals surface area contributed by atoms with Crippen LogP contribution < -0.4 is 0 Å². The maximum atomic E-state index is 13.1. The van der Waals surface area contributed by atoms with Gasteiger partial charge in [-0.3, -0.25) is 4.79 Å². The molecule has 33 heavy (non-hydrogen) atoms. The minimum absolute atomic E-state index is 0.172. The van der Waals surface area contributed by atoms with Gasteiger partial charge in [0.05, 0.1) is 5.37 Å². The van der Waals surface area contributed by atoms with Crippen LogP contribution in [0.5, 0.6) is 0 Å². The van der Waals surface area contributed by atoms with Gasteiger partial charge in [0, 0.05) is 19.4 Å². The second kappa shape index (κ2) is 18.1. The molecule has 0 aromatic heterocycles. The summed E-state index contributed by atoms with van der Waals surface area (Å²) >= 11 is 1.81. The van der Waals surface area contributed by atoms with E-state index in [4.69, 9.17) is 0 Å². The molecule has 1 aromatic rings. The molecule has 1 aromatic carbocycles. The first-order valence-electron chi connectivity index (χ1n) is 13.3. The Kier molecular flexibility index (Phi) is 16.3. The van der Waals surface area contributed by atoms with E-state index >= 15 is 0 Å². The minimum Gasteiger partial charge on any atom is -0.331 e. The second-order valence-electron chi connectivity index (χ2n) is 9.54. The molecule has 4 heteroatoms. The van der Waals surface area contributed by atoms with Gasteiger partial charge in [0.2, 0.25) is 5.91 Å². The second-order valence-corrected chi connectivity index (χ2v) is 10.6. The third-order valence-electron chi connectivity index (χ3n) is 6.69. The third kappa shape index (κ3) is 12.7. The van der Waals surface area contributed by atoms with Crippen LogP contribution in [0.3, 0.4) is 0 Å². The molecule has 188 valence electrons. The van der Waals surface area contributed by atoms with Gasteiger partial charge < -0.3 is 9.69 Å². The zero-order valence-corrected chi connectivity index (χ0v) is 22.9. The average Bonchev–Trinajstić information content (AvgIpc) is 2.81. The number of nitrogens with zero attached hydrogens (tertiary/aromatic N) is 1. The van der Waals surface area contributed by atoms with E-state index in [0.717, 1.165) is 32.2 Å². The van der Waals surface area contributed by atoms with Crippen LogP contribution in [0.1, 0.15) is 122 Å². The van der Waals surface area contributed by atoms with Crippen LogP contribution >= 0.6 is 11.8 Å². The number of unbranched alkanes of at least 4 members (excludes halogenated alkanes) is 5. The van der Waals surface area contributed by atoms with E-state index in [1.165, 1.54) is 49.7 Å². The lowest BCUT2D eigenvalue weighted by atomic mass is 9.96. The van der Waals surface area contributed by atoms with E-state index < -0.39 is 0 Å². The summed E-state index contributed by atoms with van der Waals surface area (Å²) in [5.41, 5.74) is 2.81. The zero-order chi connectivity index (χ0) is 24.5. The number of carbonyl (C=O) groups is 2. The molecular weight excluding hydrogens is 426 g/mol. The van der Waals surface area contributed by atoms with Crippen molar-refractivity contribution in [3.8, 4) is 0 Å². The minimum atomic E-state index is 0.172. The zero-order valence-electron chi connectivity index (χ0n) is 22.0. The molecule has 0 saturated carbocycles. The van der Waals surface area contributed by atoms with E-state index in [2.05, 4.69) is 56.2 Å². The summed E-state index contributed by atoms with van der Waals surface area (Å²) in [5, 5.41) is 0.256. The molecule has 0 aliphatic rings. The van der Waals surface area contributed by atoms with E-state index in [1.807, 2.05) is 11.8 Å². The van der Waals surface area contributed by atoms with Crippen LogP contribution in [0.25, 0.3) is 0 Å². The van der Waals surface area contributed by atoms with E-state index in [-0.39, 0.29) is 17.1 Å². The van der Waals surface area contributed by atoms with Crippen molar-refractivity contribution >= 4 is 23.5 Å². The van der Waals surface area contributed by atoms with Crippen LogP contribution in [0.15, 0.2) is 24.3 Å². The molecule has 0 saturated heterocycles. The van der Waals surface area contributed by atoms with Gasteiger partial charge in [-0.2, -0.15) is 0 Å². The highest BCUT2D eigenvalue weighted by atomic mass is 32.2. The van der Waals surface area contributed by atoms with E-state index in [9.17, 15) is 9.59 Å². The standard InChI is InChI=1S/C29H49NO2S/c1-6-8-9-10-11-18-29(33-5)30(28(32)17-14-15-25(4)31)23-13-12-16-26-19-21-27(22-20-26)24(3)7-2/h19-22,24,29H,6-18,23H2,1-5H3. The number of Topliss-reactive ketones (excluding diaryl/α,β-unsaturated/α-hetero) is 1. The lowest BCUT2D eigenvalue weighted by molar-refractivity contribution is -0.132. The first kappa shape index (κ1) is 29.7. The predicted octanol–water partition coefficient (Wildman–Crippen LogP) is 8.16. The molecule has 3 nitrogen and oxygen atoms in total. The largest absolute Gasteiger partial charge is 0.331 e. The summed E-state index contributed by atoms with van der Waals surface area (Å²) in [6.45, 7) is 9.19. The van der Waals surface area contributed by atoms with E-state index in [0.29, 0.717) is 25.2 Å². The van der Waals surface area contributed by atoms with Crippen molar-refractivity contribution < 1.29 is 9.59 Å². The van der Waals surface area contributed by atoms with Gasteiger partial charge >= 0.3 is 0 Å². The fourth-order valence-electron chi connectivity index (χ4n) is 4.24. The third-order valence-corrected chi connectivity index (χ3v) is 7.72. The van der Waals surface area contributed by atoms with Crippen molar-refractivity contribution in [1.82, 2.24) is 4.90 Å². The Labute approximate surface area is 208 Å². The van der Waals surface area contributed by atoms with Gasteiger partial charge in [0.25, 0.3) is 0 Å². The van der Waals surface area contributed by atoms with E-state index in [1.54, 1.807) is 6.92 Å². The number of benzene rings is 1. The Hall–Kier alpha value is -1.29. The maximum absolute atomic E-state index is 13.1. The van der Waals surface area contributed by atoms with Crippen molar-refractivity contribution in [2.75, 3.05) is 12.8 Å². The van der Waals surface area contributed by atoms with Gasteiger partial charge in [-0.1, -0.05) is 77.1 Å². The number of amides is 1. The maximum Gasteiger partial charge on any atom is 0.223 e. The molecule has 1 amide bonds. The summed E-state index contributed by atoms with van der Waals surface area (Å²) in [4.78, 5) is 26.5. The molecule has 0 radical (unpaired) electrons. The van der Waals surface area contributed by atoms with Crippen LogP contribution in [-0.2, 0) is 16.0 Å². The van der Waals surface area contributed by atoms with Crippen molar-refractivity contribution in [1.29, 1.82) is 0 Å². The number of hydrogen-bond acceptors (Lipinski definition) is 3. The Balaban J connectivity index is 2.60. The fraction of sp³-hybridized carbons (Fsp3) is 0.724. The van der Waals surface area contributed by atoms with Crippen LogP contribution in [0, 0.1) is 0 Å². The van der Waals surface area contributed by atoms with Gasteiger partial charge in [-0.05, 0) is 68.7 Å². The van der Waals surface area contributed by atoms with Crippen LogP contribution in [0.2, 0.25) is 0 Å².